The van der Waals surface area contributed by atoms with Gasteiger partial charge in [0.15, 0.2) is 0 Å². The smallest absolute Gasteiger partial charge is 0.337 e. The van der Waals surface area contributed by atoms with Crippen LogP contribution in [0.5, 0.6) is 0 Å². The monoisotopic (exact) mass is 378 g/mol. The van der Waals surface area contributed by atoms with Crippen molar-refractivity contribution in [2.45, 2.75) is 12.1 Å². The number of carbonyl (C=O) groups excluding carboxylic acids is 2. The topological polar surface area (TPSA) is 111 Å². The molecule has 3 rings (SSSR count). The molecule has 0 fully saturated rings. The molecular weight excluding hydrogens is 363 g/mol. The normalized spacial score (nSPS) is 14.0. The number of hydrogen-bond acceptors (Lipinski definition) is 7. The maximum Gasteiger partial charge on any atom is 0.337 e. The molecule has 11 heteroatoms. The third-order valence-electron chi connectivity index (χ3n) is 3.42. The van der Waals surface area contributed by atoms with E-state index in [-0.39, 0.29) is 18.9 Å². The molecule has 1 aliphatic rings. The molecule has 0 spiro atoms. The van der Waals surface area contributed by atoms with Crippen LogP contribution in [0, 0.1) is 5.82 Å². The van der Waals surface area contributed by atoms with Gasteiger partial charge in [-0.2, -0.15) is 4.68 Å². The second-order valence-electron chi connectivity index (χ2n) is 5.13. The van der Waals surface area contributed by atoms with E-state index in [1.807, 2.05) is 0 Å². The van der Waals surface area contributed by atoms with Crippen molar-refractivity contribution in [3.05, 3.63) is 41.4 Å². The number of aromatic nitrogens is 4. The molecule has 1 aromatic heterocycles. The van der Waals surface area contributed by atoms with Crippen LogP contribution in [0.25, 0.3) is 5.69 Å². The number of thioether (sulfide) groups is 1. The van der Waals surface area contributed by atoms with Crippen molar-refractivity contribution >= 4 is 23.8 Å². The molecule has 2 heterocycles. The SMILES string of the molecule is CCOC(=O)C1=C(CSc2nnnn2-c2cccc(F)c2)NC(=O)NC1. The molecule has 2 aromatic rings. The van der Waals surface area contributed by atoms with Crippen molar-refractivity contribution in [1.29, 1.82) is 0 Å². The minimum atomic E-state index is -0.500. The Morgan fingerprint density at radius 3 is 3.08 bits per heavy atom. The summed E-state index contributed by atoms with van der Waals surface area (Å²) in [5, 5.41) is 16.9. The lowest BCUT2D eigenvalue weighted by Crippen LogP contribution is -2.44. The molecular formula is C15H15FN6O3S. The number of amides is 2. The number of nitrogens with one attached hydrogen (secondary N) is 2. The van der Waals surface area contributed by atoms with E-state index in [4.69, 9.17) is 4.74 Å². The van der Waals surface area contributed by atoms with Crippen LogP contribution >= 0.6 is 11.8 Å². The first-order valence-corrected chi connectivity index (χ1v) is 8.68. The number of carbonyl (C=O) groups is 2. The molecule has 0 radical (unpaired) electrons. The average molecular weight is 378 g/mol. The van der Waals surface area contributed by atoms with Crippen LogP contribution in [0.3, 0.4) is 0 Å². The van der Waals surface area contributed by atoms with Crippen molar-refractivity contribution in [1.82, 2.24) is 30.8 Å². The van der Waals surface area contributed by atoms with E-state index in [2.05, 4.69) is 26.2 Å². The zero-order chi connectivity index (χ0) is 18.5. The molecule has 9 nitrogen and oxygen atoms in total. The number of urea groups is 1. The summed E-state index contributed by atoms with van der Waals surface area (Å²) in [6, 6.07) is 5.44. The summed E-state index contributed by atoms with van der Waals surface area (Å²) in [7, 11) is 0. The van der Waals surface area contributed by atoms with Crippen LogP contribution in [0.1, 0.15) is 6.92 Å². The minimum Gasteiger partial charge on any atom is -0.463 e. The van der Waals surface area contributed by atoms with Crippen molar-refractivity contribution in [3.63, 3.8) is 0 Å². The Morgan fingerprint density at radius 1 is 1.46 bits per heavy atom. The largest absolute Gasteiger partial charge is 0.463 e. The van der Waals surface area contributed by atoms with Gasteiger partial charge >= 0.3 is 12.0 Å². The van der Waals surface area contributed by atoms with Crippen molar-refractivity contribution in [2.24, 2.45) is 0 Å². The van der Waals surface area contributed by atoms with E-state index in [1.54, 1.807) is 19.1 Å². The quantitative estimate of drug-likeness (QED) is 0.570. The second-order valence-corrected chi connectivity index (χ2v) is 6.07. The lowest BCUT2D eigenvalue weighted by atomic mass is 10.2. The molecule has 1 aromatic carbocycles. The van der Waals surface area contributed by atoms with Gasteiger partial charge in [0.05, 0.1) is 24.4 Å². The fraction of sp³-hybridized carbons (Fsp3) is 0.267. The molecule has 26 heavy (non-hydrogen) atoms. The number of benzene rings is 1. The highest BCUT2D eigenvalue weighted by Crippen LogP contribution is 2.22. The van der Waals surface area contributed by atoms with Gasteiger partial charge in [0.25, 0.3) is 0 Å². The third kappa shape index (κ3) is 3.99. The average Bonchev–Trinajstić information content (AvgIpc) is 3.09. The van der Waals surface area contributed by atoms with Gasteiger partial charge in [0, 0.05) is 11.4 Å². The zero-order valence-electron chi connectivity index (χ0n) is 13.7. The van der Waals surface area contributed by atoms with Gasteiger partial charge < -0.3 is 15.4 Å². The van der Waals surface area contributed by atoms with E-state index >= 15 is 0 Å². The summed E-state index contributed by atoms with van der Waals surface area (Å²) >= 11 is 1.20. The zero-order valence-corrected chi connectivity index (χ0v) is 14.5. The molecule has 0 bridgehead atoms. The number of esters is 1. The summed E-state index contributed by atoms with van der Waals surface area (Å²) in [5.74, 6) is -0.677. The predicted molar refractivity (Wildman–Crippen MR) is 90.0 cm³/mol. The standard InChI is InChI=1S/C15H15FN6O3S/c1-2-25-13(23)11-7-17-14(24)18-12(11)8-26-15-19-20-21-22(15)10-5-3-4-9(16)6-10/h3-6H,2,7-8H2,1H3,(H2,17,18,24). The molecule has 1 aliphatic heterocycles. The lowest BCUT2D eigenvalue weighted by molar-refractivity contribution is -0.138. The number of ether oxygens (including phenoxy) is 1. The van der Waals surface area contributed by atoms with Gasteiger partial charge in [-0.15, -0.1) is 5.10 Å². The summed E-state index contributed by atoms with van der Waals surface area (Å²) < 4.78 is 19.8. The predicted octanol–water partition coefficient (Wildman–Crippen LogP) is 1.02. The number of hydrogen-bond donors (Lipinski definition) is 2. The Balaban J connectivity index is 1.80. The van der Waals surface area contributed by atoms with Gasteiger partial charge in [-0.3, -0.25) is 0 Å². The van der Waals surface area contributed by atoms with Crippen molar-refractivity contribution < 1.29 is 18.7 Å². The minimum absolute atomic E-state index is 0.0788. The number of rotatable bonds is 6. The molecule has 2 amide bonds. The maximum atomic E-state index is 13.4. The summed E-state index contributed by atoms with van der Waals surface area (Å²) in [6.07, 6.45) is 0. The summed E-state index contributed by atoms with van der Waals surface area (Å²) in [6.45, 7) is 2.01. The number of halogens is 1. The molecule has 0 aliphatic carbocycles. The van der Waals surface area contributed by atoms with Gasteiger partial charge in [0.2, 0.25) is 5.16 Å². The van der Waals surface area contributed by atoms with E-state index < -0.39 is 17.8 Å². The first kappa shape index (κ1) is 17.9. The Morgan fingerprint density at radius 2 is 2.31 bits per heavy atom. The van der Waals surface area contributed by atoms with Gasteiger partial charge in [-0.05, 0) is 35.5 Å². The van der Waals surface area contributed by atoms with Crippen LogP contribution in [0.15, 0.2) is 40.7 Å². The van der Waals surface area contributed by atoms with Crippen LogP contribution in [0.4, 0.5) is 9.18 Å². The first-order valence-electron chi connectivity index (χ1n) is 7.69. The van der Waals surface area contributed by atoms with E-state index in [0.717, 1.165) is 0 Å². The Bertz CT molecular complexity index is 869. The van der Waals surface area contributed by atoms with Gasteiger partial charge in [-0.25, -0.2) is 14.0 Å². The van der Waals surface area contributed by atoms with Crippen LogP contribution < -0.4 is 10.6 Å². The number of nitrogens with zero attached hydrogens (tertiary/aromatic N) is 4. The fourth-order valence-electron chi connectivity index (χ4n) is 2.24. The summed E-state index contributed by atoms with van der Waals surface area (Å²) in [4.78, 5) is 23.6. The Labute approximate surface area is 152 Å². The summed E-state index contributed by atoms with van der Waals surface area (Å²) in [5.41, 5.74) is 1.22. The van der Waals surface area contributed by atoms with Crippen LogP contribution in [-0.4, -0.2) is 51.1 Å². The highest BCUT2D eigenvalue weighted by Gasteiger charge is 2.24. The van der Waals surface area contributed by atoms with Crippen LogP contribution in [-0.2, 0) is 9.53 Å². The first-order chi connectivity index (χ1) is 12.6. The molecule has 0 saturated heterocycles. The van der Waals surface area contributed by atoms with Crippen LogP contribution in [0.2, 0.25) is 0 Å². The van der Waals surface area contributed by atoms with Gasteiger partial charge in [0.1, 0.15) is 5.82 Å². The van der Waals surface area contributed by atoms with Gasteiger partial charge in [-0.1, -0.05) is 17.8 Å². The Hall–Kier alpha value is -2.95. The highest BCUT2D eigenvalue weighted by atomic mass is 32.2. The molecule has 2 N–H and O–H groups in total. The van der Waals surface area contributed by atoms with E-state index in [0.29, 0.717) is 22.1 Å². The molecule has 136 valence electrons. The second kappa shape index (κ2) is 7.95. The number of tetrazole rings is 1. The molecule has 0 atom stereocenters. The van der Waals surface area contributed by atoms with E-state index in [9.17, 15) is 14.0 Å². The van der Waals surface area contributed by atoms with E-state index in [1.165, 1.54) is 28.6 Å². The molecule has 0 saturated carbocycles. The lowest BCUT2D eigenvalue weighted by Gasteiger charge is -2.20. The van der Waals surface area contributed by atoms with Crippen molar-refractivity contribution in [3.8, 4) is 5.69 Å². The van der Waals surface area contributed by atoms with Crippen molar-refractivity contribution in [2.75, 3.05) is 18.9 Å². The third-order valence-corrected chi connectivity index (χ3v) is 4.36. The Kier molecular flexibility index (Phi) is 5.46. The maximum absolute atomic E-state index is 13.4. The molecule has 0 unspecified atom stereocenters. The highest BCUT2D eigenvalue weighted by molar-refractivity contribution is 7.99. The fourth-order valence-corrected chi connectivity index (χ4v) is 3.12.